The first-order chi connectivity index (χ1) is 13.0. The van der Waals surface area contributed by atoms with Crippen LogP contribution in [0.5, 0.6) is 11.5 Å². The minimum Gasteiger partial charge on any atom is -0.669 e. The van der Waals surface area contributed by atoms with Gasteiger partial charge in [-0.25, -0.2) is 4.79 Å². The highest BCUT2D eigenvalue weighted by Gasteiger charge is 2.55. The molecule has 1 saturated heterocycles. The summed E-state index contributed by atoms with van der Waals surface area (Å²) in [4.78, 5) is 25.4. The van der Waals surface area contributed by atoms with E-state index < -0.39 is 42.7 Å². The summed E-state index contributed by atoms with van der Waals surface area (Å²) in [5, 5.41) is 38.9. The predicted molar refractivity (Wildman–Crippen MR) is 96.0 cm³/mol. The second-order valence-corrected chi connectivity index (χ2v) is 8.07. The second kappa shape index (κ2) is 6.08. The van der Waals surface area contributed by atoms with Crippen LogP contribution in [0, 0.1) is 0 Å². The molecule has 0 unspecified atom stereocenters. The van der Waals surface area contributed by atoms with E-state index in [0.717, 1.165) is 0 Å². The molecular weight excluding hydrogens is 371 g/mol. The summed E-state index contributed by atoms with van der Waals surface area (Å²) in [6, 6.07) is 3.21. The Hall–Kier alpha value is -2.34. The van der Waals surface area contributed by atoms with Crippen LogP contribution in [0.2, 0.25) is 5.82 Å². The third kappa shape index (κ3) is 2.91. The van der Waals surface area contributed by atoms with Crippen LogP contribution in [-0.2, 0) is 4.79 Å². The fraction of sp³-hybridized carbons (Fsp3) is 0.529. The molecule has 2 aliphatic heterocycles. The number of carboxylic acid groups (broad SMARTS) is 1. The number of aliphatic hydroxyl groups excluding tert-OH is 1. The molecule has 0 aromatic heterocycles. The number of rotatable bonds is 5. The Morgan fingerprint density at radius 1 is 1.39 bits per heavy atom. The lowest BCUT2D eigenvalue weighted by Gasteiger charge is -2.42. The van der Waals surface area contributed by atoms with Crippen LogP contribution in [0.1, 0.15) is 35.2 Å². The predicted octanol–water partition coefficient (Wildman–Crippen LogP) is -1.14. The first-order valence-electron chi connectivity index (χ1n) is 9.09. The van der Waals surface area contributed by atoms with Crippen LogP contribution >= 0.6 is 0 Å². The largest absolute Gasteiger partial charge is 0.669 e. The summed E-state index contributed by atoms with van der Waals surface area (Å²) >= 11 is 0. The number of carbonyl (C=O) groups is 2. The van der Waals surface area contributed by atoms with E-state index in [1.165, 1.54) is 17.9 Å². The van der Waals surface area contributed by atoms with Crippen LogP contribution in [0.4, 0.5) is 0 Å². The van der Waals surface area contributed by atoms with Crippen LogP contribution in [0.3, 0.4) is 0 Å². The minimum atomic E-state index is -3.11. The normalized spacial score (nSPS) is 26.8. The number of benzene rings is 1. The summed E-state index contributed by atoms with van der Waals surface area (Å²) < 4.78 is 11.0. The Bertz CT molecular complexity index is 852. The molecular formula is C17H22BN2O8-. The van der Waals surface area contributed by atoms with E-state index in [1.54, 1.807) is 6.07 Å². The average molecular weight is 393 g/mol. The van der Waals surface area contributed by atoms with Gasteiger partial charge in [0, 0.05) is 0 Å². The molecule has 3 atom stereocenters. The molecule has 1 amide bonds. The number of ether oxygens (including phenoxy) is 1. The Balaban J connectivity index is 1.53. The molecule has 28 heavy (non-hydrogen) atoms. The van der Waals surface area contributed by atoms with Gasteiger partial charge in [0.15, 0.2) is 0 Å². The summed E-state index contributed by atoms with van der Waals surface area (Å²) in [5.74, 6) is -2.32. The number of nitrogens with two attached hydrogens (primary N) is 1. The standard InChI is InChI=1S/C17H22BN2O8/c1-17(19,7-21)16(24)20-5-8(6-20)27-12-3-2-9-10-4-11(10)18(25,26)28-14(9)13(12)15(22)23/h2-3,8,10-11,21,25-26H,4-7,19H2,1H3,(H,22,23)/q-1/t10-,11-,17+/m1/s1. The molecule has 2 fully saturated rings. The van der Waals surface area contributed by atoms with E-state index in [2.05, 4.69) is 0 Å². The van der Waals surface area contributed by atoms with Crippen molar-refractivity contribution in [2.45, 2.75) is 36.7 Å². The Kier molecular flexibility index (Phi) is 4.13. The minimum absolute atomic E-state index is 0.0340. The summed E-state index contributed by atoms with van der Waals surface area (Å²) in [5.41, 5.74) is 4.71. The Morgan fingerprint density at radius 3 is 2.68 bits per heavy atom. The van der Waals surface area contributed by atoms with Gasteiger partial charge in [-0.15, -0.1) is 0 Å². The Morgan fingerprint density at radius 2 is 2.07 bits per heavy atom. The van der Waals surface area contributed by atoms with Crippen molar-refractivity contribution in [1.82, 2.24) is 4.90 Å². The zero-order chi connectivity index (χ0) is 20.4. The highest BCUT2D eigenvalue weighted by molar-refractivity contribution is 6.62. The lowest BCUT2D eigenvalue weighted by Crippen LogP contribution is -2.64. The van der Waals surface area contributed by atoms with Crippen molar-refractivity contribution in [1.29, 1.82) is 0 Å². The smallest absolute Gasteiger partial charge is 0.434 e. The van der Waals surface area contributed by atoms with E-state index in [4.69, 9.17) is 15.1 Å². The van der Waals surface area contributed by atoms with E-state index in [9.17, 15) is 29.9 Å². The van der Waals surface area contributed by atoms with Crippen molar-refractivity contribution in [2.24, 2.45) is 5.73 Å². The van der Waals surface area contributed by atoms with Crippen molar-refractivity contribution < 1.29 is 39.2 Å². The lowest BCUT2D eigenvalue weighted by molar-refractivity contribution is -0.146. The molecule has 1 aromatic carbocycles. The van der Waals surface area contributed by atoms with E-state index in [1.807, 2.05) is 0 Å². The number of carboxylic acids is 1. The maximum absolute atomic E-state index is 12.2. The Labute approximate surface area is 160 Å². The SMILES string of the molecule is C[C@](N)(CO)C(=O)N1CC(Oc2ccc3c(c2C(=O)O)O[B-](O)(O)[C@@H]2C[C@H]32)C1. The molecule has 10 nitrogen and oxygen atoms in total. The molecule has 1 aliphatic carbocycles. The zero-order valence-electron chi connectivity index (χ0n) is 15.2. The maximum Gasteiger partial charge on any atom is 0.434 e. The van der Waals surface area contributed by atoms with Gasteiger partial charge in [0.1, 0.15) is 23.0 Å². The number of hydrogen-bond donors (Lipinski definition) is 5. The topological polar surface area (TPSA) is 163 Å². The van der Waals surface area contributed by atoms with Crippen LogP contribution in [0.15, 0.2) is 12.1 Å². The van der Waals surface area contributed by atoms with E-state index in [0.29, 0.717) is 12.0 Å². The van der Waals surface area contributed by atoms with Gasteiger partial charge in [0.2, 0.25) is 5.91 Å². The van der Waals surface area contributed by atoms with Gasteiger partial charge in [-0.2, -0.15) is 0 Å². The molecule has 1 saturated carbocycles. The van der Waals surface area contributed by atoms with Crippen molar-refractivity contribution in [3.63, 3.8) is 0 Å². The molecule has 152 valence electrons. The highest BCUT2D eigenvalue weighted by atomic mass is 16.6. The number of aromatic carboxylic acids is 1. The molecule has 2 heterocycles. The average Bonchev–Trinajstić information content (AvgIpc) is 3.38. The summed E-state index contributed by atoms with van der Waals surface area (Å²) in [6.07, 6.45) is 0.0761. The number of hydrogen-bond acceptors (Lipinski definition) is 8. The number of likely N-dealkylation sites (tertiary alicyclic amines) is 1. The highest BCUT2D eigenvalue weighted by Crippen LogP contribution is 2.63. The number of carbonyl (C=O) groups excluding carboxylic acids is 1. The lowest BCUT2D eigenvalue weighted by atomic mass is 9.68. The molecule has 4 rings (SSSR count). The fourth-order valence-electron chi connectivity index (χ4n) is 3.90. The third-order valence-electron chi connectivity index (χ3n) is 5.70. The quantitative estimate of drug-likeness (QED) is 0.389. The fourth-order valence-corrected chi connectivity index (χ4v) is 3.90. The number of aliphatic hydroxyl groups is 1. The van der Waals surface area contributed by atoms with Gasteiger partial charge >= 0.3 is 12.7 Å². The number of fused-ring (bicyclic) bond motifs is 3. The molecule has 6 N–H and O–H groups in total. The zero-order valence-corrected chi connectivity index (χ0v) is 15.2. The van der Waals surface area contributed by atoms with Gasteiger partial charge in [-0.1, -0.05) is 18.3 Å². The van der Waals surface area contributed by atoms with Crippen molar-refractivity contribution >= 4 is 18.6 Å². The maximum atomic E-state index is 12.2. The van der Waals surface area contributed by atoms with Gasteiger partial charge in [-0.3, -0.25) is 4.79 Å². The molecule has 0 radical (unpaired) electrons. The summed E-state index contributed by atoms with van der Waals surface area (Å²) in [6.45, 7) is -1.78. The molecule has 0 spiro atoms. The van der Waals surface area contributed by atoms with Crippen molar-refractivity contribution in [3.8, 4) is 11.5 Å². The first kappa shape index (κ1) is 19.0. The van der Waals surface area contributed by atoms with Gasteiger partial charge in [0.05, 0.1) is 25.4 Å². The third-order valence-corrected chi connectivity index (χ3v) is 5.70. The monoisotopic (exact) mass is 393 g/mol. The first-order valence-corrected chi connectivity index (χ1v) is 9.09. The molecule has 0 bridgehead atoms. The van der Waals surface area contributed by atoms with Crippen molar-refractivity contribution in [2.75, 3.05) is 19.7 Å². The van der Waals surface area contributed by atoms with Gasteiger partial charge in [-0.05, 0) is 24.5 Å². The van der Waals surface area contributed by atoms with E-state index in [-0.39, 0.29) is 36.1 Å². The van der Waals surface area contributed by atoms with E-state index >= 15 is 0 Å². The molecule has 1 aromatic rings. The molecule has 3 aliphatic rings. The second-order valence-electron chi connectivity index (χ2n) is 8.07. The number of nitrogens with zero attached hydrogens (tertiary/aromatic N) is 1. The number of amides is 1. The van der Waals surface area contributed by atoms with Crippen LogP contribution in [-0.4, -0.2) is 75.1 Å². The van der Waals surface area contributed by atoms with Crippen LogP contribution in [0.25, 0.3) is 0 Å². The van der Waals surface area contributed by atoms with Gasteiger partial charge in [0.25, 0.3) is 0 Å². The molecule has 11 heteroatoms. The van der Waals surface area contributed by atoms with Crippen LogP contribution < -0.4 is 15.1 Å². The van der Waals surface area contributed by atoms with Gasteiger partial charge < -0.3 is 40.3 Å². The summed E-state index contributed by atoms with van der Waals surface area (Å²) in [7, 11) is 0. The van der Waals surface area contributed by atoms with Crippen molar-refractivity contribution in [3.05, 3.63) is 23.3 Å².